The third-order valence-corrected chi connectivity index (χ3v) is 3.69. The molecule has 1 saturated heterocycles. The highest BCUT2D eigenvalue weighted by Gasteiger charge is 2.49. The number of alkyl halides is 1. The Morgan fingerprint density at radius 2 is 1.84 bits per heavy atom. The van der Waals surface area contributed by atoms with Crippen LogP contribution in [0, 0.1) is 17.8 Å². The van der Waals surface area contributed by atoms with E-state index in [0.29, 0.717) is 5.33 Å². The first-order chi connectivity index (χ1) is 9.06. The van der Waals surface area contributed by atoms with Crippen molar-refractivity contribution in [2.45, 2.75) is 13.8 Å². The van der Waals surface area contributed by atoms with Gasteiger partial charge in [0, 0.05) is 11.2 Å². The van der Waals surface area contributed by atoms with Gasteiger partial charge in [0.15, 0.2) is 5.92 Å². The Hall–Kier alpha value is -1.11. The van der Waals surface area contributed by atoms with Gasteiger partial charge < -0.3 is 14.2 Å². The maximum absolute atomic E-state index is 11.9. The van der Waals surface area contributed by atoms with Crippen LogP contribution < -0.4 is 0 Å². The molecule has 7 heteroatoms. The maximum Gasteiger partial charge on any atom is 0.321 e. The molecule has 0 spiro atoms. The zero-order chi connectivity index (χ0) is 14.4. The zero-order valence-corrected chi connectivity index (χ0v) is 12.5. The highest BCUT2D eigenvalue weighted by Crippen LogP contribution is 2.32. The molecule has 0 amide bonds. The summed E-state index contributed by atoms with van der Waals surface area (Å²) in [5.41, 5.74) is 0. The van der Waals surface area contributed by atoms with Crippen molar-refractivity contribution in [2.75, 3.05) is 25.2 Å². The molecule has 1 aliphatic heterocycles. The van der Waals surface area contributed by atoms with E-state index in [1.165, 1.54) is 0 Å². The minimum absolute atomic E-state index is 0.134. The SMILES string of the molecule is CCOC(=O)C(C(=O)OCC)C1C(=O)OCC1CBr. The second kappa shape index (κ2) is 7.47. The van der Waals surface area contributed by atoms with Crippen molar-refractivity contribution >= 4 is 33.8 Å². The maximum atomic E-state index is 11.9. The summed E-state index contributed by atoms with van der Waals surface area (Å²) in [5, 5.41) is 0.457. The lowest BCUT2D eigenvalue weighted by molar-refractivity contribution is -0.168. The Balaban J connectivity index is 2.97. The Bertz CT molecular complexity index is 338. The number of carbonyl (C=O) groups is 3. The lowest BCUT2D eigenvalue weighted by Gasteiger charge is -2.21. The number of rotatable bonds is 6. The van der Waals surface area contributed by atoms with Gasteiger partial charge in [-0.2, -0.15) is 0 Å². The van der Waals surface area contributed by atoms with Gasteiger partial charge in [0.25, 0.3) is 0 Å². The molecule has 0 N–H and O–H groups in total. The predicted octanol–water partition coefficient (Wildman–Crippen LogP) is 0.913. The predicted molar refractivity (Wildman–Crippen MR) is 68.5 cm³/mol. The summed E-state index contributed by atoms with van der Waals surface area (Å²) >= 11 is 3.25. The van der Waals surface area contributed by atoms with E-state index in [4.69, 9.17) is 14.2 Å². The molecule has 0 saturated carbocycles. The third kappa shape index (κ3) is 3.68. The normalized spacial score (nSPS) is 22.2. The van der Waals surface area contributed by atoms with Crippen LogP contribution in [0.5, 0.6) is 0 Å². The van der Waals surface area contributed by atoms with Crippen molar-refractivity contribution in [2.24, 2.45) is 17.8 Å². The molecular formula is C12H17BrO6. The Morgan fingerprint density at radius 1 is 1.32 bits per heavy atom. The molecule has 0 bridgehead atoms. The molecule has 2 unspecified atom stereocenters. The first-order valence-electron chi connectivity index (χ1n) is 6.12. The lowest BCUT2D eigenvalue weighted by atomic mass is 9.84. The second-order valence-electron chi connectivity index (χ2n) is 4.05. The van der Waals surface area contributed by atoms with E-state index in [9.17, 15) is 14.4 Å². The highest BCUT2D eigenvalue weighted by atomic mass is 79.9. The van der Waals surface area contributed by atoms with Crippen molar-refractivity contribution < 1.29 is 28.6 Å². The van der Waals surface area contributed by atoms with Crippen molar-refractivity contribution in [3.63, 3.8) is 0 Å². The van der Waals surface area contributed by atoms with Gasteiger partial charge in [-0.1, -0.05) is 15.9 Å². The molecule has 2 atom stereocenters. The fourth-order valence-electron chi connectivity index (χ4n) is 1.98. The van der Waals surface area contributed by atoms with E-state index in [0.717, 1.165) is 0 Å². The van der Waals surface area contributed by atoms with Crippen LogP contribution >= 0.6 is 15.9 Å². The van der Waals surface area contributed by atoms with Gasteiger partial charge in [-0.3, -0.25) is 14.4 Å². The second-order valence-corrected chi connectivity index (χ2v) is 4.70. The Labute approximate surface area is 119 Å². The summed E-state index contributed by atoms with van der Waals surface area (Å²) in [6.07, 6.45) is 0. The quantitative estimate of drug-likeness (QED) is 0.310. The summed E-state index contributed by atoms with van der Waals surface area (Å²) in [7, 11) is 0. The lowest BCUT2D eigenvalue weighted by Crippen LogP contribution is -2.39. The van der Waals surface area contributed by atoms with Crippen LogP contribution in [-0.2, 0) is 28.6 Å². The summed E-state index contributed by atoms with van der Waals surface area (Å²) in [4.78, 5) is 35.6. The van der Waals surface area contributed by atoms with Crippen molar-refractivity contribution in [1.29, 1.82) is 0 Å². The van der Waals surface area contributed by atoms with Crippen LogP contribution in [-0.4, -0.2) is 43.1 Å². The van der Waals surface area contributed by atoms with Crippen molar-refractivity contribution in [1.82, 2.24) is 0 Å². The van der Waals surface area contributed by atoms with Crippen LogP contribution in [0.2, 0.25) is 0 Å². The minimum atomic E-state index is -1.25. The smallest absolute Gasteiger partial charge is 0.321 e. The average molecular weight is 337 g/mol. The Kier molecular flexibility index (Phi) is 6.27. The van der Waals surface area contributed by atoms with E-state index in [2.05, 4.69) is 15.9 Å². The number of esters is 3. The molecule has 1 heterocycles. The largest absolute Gasteiger partial charge is 0.465 e. The van der Waals surface area contributed by atoms with Crippen LogP contribution in [0.1, 0.15) is 13.8 Å². The fourth-order valence-corrected chi connectivity index (χ4v) is 2.57. The number of carbonyl (C=O) groups excluding carboxylic acids is 3. The molecule has 19 heavy (non-hydrogen) atoms. The molecule has 0 aliphatic carbocycles. The number of halogens is 1. The van der Waals surface area contributed by atoms with Gasteiger partial charge in [-0.15, -0.1) is 0 Å². The standard InChI is InChI=1S/C12H17BrO6/c1-3-17-11(15)9(12(16)18-4-2)8-7(5-13)6-19-10(8)14/h7-9H,3-6H2,1-2H3. The van der Waals surface area contributed by atoms with Gasteiger partial charge in [0.1, 0.15) is 0 Å². The van der Waals surface area contributed by atoms with Gasteiger partial charge in [0.2, 0.25) is 0 Å². The molecule has 0 aromatic heterocycles. The molecule has 0 radical (unpaired) electrons. The summed E-state index contributed by atoms with van der Waals surface area (Å²) in [6, 6.07) is 0. The zero-order valence-electron chi connectivity index (χ0n) is 10.9. The van der Waals surface area contributed by atoms with Crippen LogP contribution in [0.15, 0.2) is 0 Å². The number of hydrogen-bond acceptors (Lipinski definition) is 6. The van der Waals surface area contributed by atoms with Crippen LogP contribution in [0.3, 0.4) is 0 Å². The summed E-state index contributed by atoms with van der Waals surface area (Å²) in [5.74, 6) is -4.39. The molecule has 1 rings (SSSR count). The molecule has 1 aliphatic rings. The first kappa shape index (κ1) is 15.9. The fraction of sp³-hybridized carbons (Fsp3) is 0.750. The minimum Gasteiger partial charge on any atom is -0.465 e. The van der Waals surface area contributed by atoms with Gasteiger partial charge >= 0.3 is 17.9 Å². The van der Waals surface area contributed by atoms with Crippen LogP contribution in [0.4, 0.5) is 0 Å². The highest BCUT2D eigenvalue weighted by molar-refractivity contribution is 9.09. The van der Waals surface area contributed by atoms with E-state index in [1.54, 1.807) is 13.8 Å². The monoisotopic (exact) mass is 336 g/mol. The topological polar surface area (TPSA) is 78.9 Å². The third-order valence-electron chi connectivity index (χ3n) is 2.86. The van der Waals surface area contributed by atoms with Crippen molar-refractivity contribution in [3.8, 4) is 0 Å². The Morgan fingerprint density at radius 3 is 2.26 bits per heavy atom. The molecular weight excluding hydrogens is 320 g/mol. The molecule has 108 valence electrons. The van der Waals surface area contributed by atoms with Gasteiger partial charge in [-0.25, -0.2) is 0 Å². The molecule has 0 aromatic carbocycles. The van der Waals surface area contributed by atoms with E-state index in [1.807, 2.05) is 0 Å². The van der Waals surface area contributed by atoms with Crippen LogP contribution in [0.25, 0.3) is 0 Å². The van der Waals surface area contributed by atoms with Crippen molar-refractivity contribution in [3.05, 3.63) is 0 Å². The van der Waals surface area contributed by atoms with E-state index in [-0.39, 0.29) is 25.7 Å². The summed E-state index contributed by atoms with van der Waals surface area (Å²) in [6.45, 7) is 3.72. The molecule has 0 aromatic rings. The average Bonchev–Trinajstić information content (AvgIpc) is 2.72. The van der Waals surface area contributed by atoms with E-state index < -0.39 is 29.7 Å². The number of cyclic esters (lactones) is 1. The van der Waals surface area contributed by atoms with Gasteiger partial charge in [-0.05, 0) is 13.8 Å². The number of ether oxygens (including phenoxy) is 3. The number of hydrogen-bond donors (Lipinski definition) is 0. The van der Waals surface area contributed by atoms with Gasteiger partial charge in [0.05, 0.1) is 25.7 Å². The van der Waals surface area contributed by atoms with E-state index >= 15 is 0 Å². The first-order valence-corrected chi connectivity index (χ1v) is 7.24. The molecule has 1 fully saturated rings. The summed E-state index contributed by atoms with van der Waals surface area (Å²) < 4.78 is 14.6. The molecule has 6 nitrogen and oxygen atoms in total.